The second-order valence-corrected chi connectivity index (χ2v) is 6.33. The lowest BCUT2D eigenvalue weighted by Gasteiger charge is -2.41. The minimum absolute atomic E-state index is 0.0893. The summed E-state index contributed by atoms with van der Waals surface area (Å²) in [6, 6.07) is 5.89. The van der Waals surface area contributed by atoms with Crippen molar-refractivity contribution in [1.29, 1.82) is 0 Å². The molecule has 0 aromatic heterocycles. The molecule has 1 fully saturated rings. The van der Waals surface area contributed by atoms with Gasteiger partial charge in [-0.2, -0.15) is 0 Å². The SMILES string of the molecule is CCCNC(c1cc(Cl)ccc1OC)C1(C)CCCCO1. The van der Waals surface area contributed by atoms with Crippen molar-refractivity contribution in [1.82, 2.24) is 5.32 Å². The van der Waals surface area contributed by atoms with Crippen LogP contribution in [0.4, 0.5) is 0 Å². The van der Waals surface area contributed by atoms with Gasteiger partial charge in [-0.15, -0.1) is 0 Å². The number of hydrogen-bond acceptors (Lipinski definition) is 3. The van der Waals surface area contributed by atoms with Gasteiger partial charge in [-0.25, -0.2) is 0 Å². The molecular formula is C17H26ClNO2. The van der Waals surface area contributed by atoms with E-state index in [0.717, 1.165) is 48.7 Å². The number of nitrogens with one attached hydrogen (secondary N) is 1. The van der Waals surface area contributed by atoms with Crippen molar-refractivity contribution in [3.8, 4) is 5.75 Å². The third-order valence-electron chi connectivity index (χ3n) is 4.21. The molecule has 2 atom stereocenters. The van der Waals surface area contributed by atoms with Crippen LogP contribution in [0.3, 0.4) is 0 Å². The maximum atomic E-state index is 6.21. The van der Waals surface area contributed by atoms with Crippen LogP contribution in [0.25, 0.3) is 0 Å². The van der Waals surface area contributed by atoms with Gasteiger partial charge < -0.3 is 14.8 Å². The van der Waals surface area contributed by atoms with Crippen LogP contribution in [-0.2, 0) is 4.74 Å². The maximum Gasteiger partial charge on any atom is 0.123 e. The standard InChI is InChI=1S/C17H26ClNO2/c1-4-10-19-16(17(2)9-5-6-11-21-17)14-12-13(18)7-8-15(14)20-3/h7-8,12,16,19H,4-6,9-11H2,1-3H3. The minimum atomic E-state index is -0.217. The van der Waals surface area contributed by atoms with Crippen LogP contribution in [0.5, 0.6) is 5.75 Å². The van der Waals surface area contributed by atoms with E-state index in [1.807, 2.05) is 18.2 Å². The first-order chi connectivity index (χ1) is 10.1. The molecule has 1 aromatic rings. The Kier molecular flexibility index (Phi) is 5.91. The molecule has 1 heterocycles. The molecule has 0 bridgehead atoms. The Morgan fingerprint density at radius 3 is 2.86 bits per heavy atom. The molecule has 1 N–H and O–H groups in total. The van der Waals surface area contributed by atoms with Crippen LogP contribution < -0.4 is 10.1 Å². The predicted molar refractivity (Wildman–Crippen MR) is 87.2 cm³/mol. The monoisotopic (exact) mass is 311 g/mol. The van der Waals surface area contributed by atoms with Crippen LogP contribution in [0.1, 0.15) is 51.1 Å². The third kappa shape index (κ3) is 3.91. The number of methoxy groups -OCH3 is 1. The average Bonchev–Trinajstić information content (AvgIpc) is 2.48. The molecule has 3 nitrogen and oxygen atoms in total. The second-order valence-electron chi connectivity index (χ2n) is 5.89. The average molecular weight is 312 g/mol. The van der Waals surface area contributed by atoms with E-state index in [1.165, 1.54) is 6.42 Å². The normalized spacial score (nSPS) is 23.8. The Morgan fingerprint density at radius 2 is 2.24 bits per heavy atom. The van der Waals surface area contributed by atoms with E-state index in [1.54, 1.807) is 7.11 Å². The summed E-state index contributed by atoms with van der Waals surface area (Å²) < 4.78 is 11.7. The number of benzene rings is 1. The Bertz CT molecular complexity index is 458. The number of ether oxygens (including phenoxy) is 2. The molecule has 1 saturated heterocycles. The molecule has 2 rings (SSSR count). The molecular weight excluding hydrogens is 286 g/mol. The fourth-order valence-corrected chi connectivity index (χ4v) is 3.24. The molecule has 0 aliphatic carbocycles. The molecule has 1 aromatic carbocycles. The zero-order valence-electron chi connectivity index (χ0n) is 13.2. The van der Waals surface area contributed by atoms with Crippen LogP contribution in [0, 0.1) is 0 Å². The lowest BCUT2D eigenvalue weighted by molar-refractivity contribution is -0.0900. The summed E-state index contributed by atoms with van der Waals surface area (Å²) in [4.78, 5) is 0. The summed E-state index contributed by atoms with van der Waals surface area (Å²) in [6.07, 6.45) is 4.46. The van der Waals surface area contributed by atoms with E-state index >= 15 is 0 Å². The molecule has 0 spiro atoms. The highest BCUT2D eigenvalue weighted by molar-refractivity contribution is 6.30. The lowest BCUT2D eigenvalue weighted by atomic mass is 9.83. The Labute approximate surface area is 133 Å². The molecule has 4 heteroatoms. The molecule has 1 aliphatic rings. The maximum absolute atomic E-state index is 6.21. The van der Waals surface area contributed by atoms with Crippen molar-refractivity contribution >= 4 is 11.6 Å². The number of halogens is 1. The van der Waals surface area contributed by atoms with Gasteiger partial charge in [-0.3, -0.25) is 0 Å². The minimum Gasteiger partial charge on any atom is -0.496 e. The van der Waals surface area contributed by atoms with Gasteiger partial charge in [0.15, 0.2) is 0 Å². The van der Waals surface area contributed by atoms with Crippen LogP contribution in [-0.4, -0.2) is 25.9 Å². The smallest absolute Gasteiger partial charge is 0.123 e. The van der Waals surface area contributed by atoms with E-state index in [2.05, 4.69) is 19.2 Å². The largest absolute Gasteiger partial charge is 0.496 e. The topological polar surface area (TPSA) is 30.5 Å². The van der Waals surface area contributed by atoms with Gasteiger partial charge in [0.1, 0.15) is 5.75 Å². The molecule has 2 unspecified atom stereocenters. The van der Waals surface area contributed by atoms with Gasteiger partial charge >= 0.3 is 0 Å². The summed E-state index contributed by atoms with van der Waals surface area (Å²) in [7, 11) is 1.70. The molecule has 1 aliphatic heterocycles. The summed E-state index contributed by atoms with van der Waals surface area (Å²) in [5.41, 5.74) is 0.869. The summed E-state index contributed by atoms with van der Waals surface area (Å²) in [5, 5.41) is 4.36. The summed E-state index contributed by atoms with van der Waals surface area (Å²) in [5.74, 6) is 0.864. The first-order valence-electron chi connectivity index (χ1n) is 7.81. The van der Waals surface area contributed by atoms with E-state index in [-0.39, 0.29) is 11.6 Å². The van der Waals surface area contributed by atoms with Crippen LogP contribution in [0.15, 0.2) is 18.2 Å². The lowest BCUT2D eigenvalue weighted by Crippen LogP contribution is -2.46. The molecule has 0 saturated carbocycles. The first-order valence-corrected chi connectivity index (χ1v) is 8.19. The quantitative estimate of drug-likeness (QED) is 0.847. The van der Waals surface area contributed by atoms with Gasteiger partial charge in [-0.05, 0) is 57.4 Å². The van der Waals surface area contributed by atoms with Crippen molar-refractivity contribution in [2.24, 2.45) is 0 Å². The fourth-order valence-electron chi connectivity index (χ4n) is 3.06. The van der Waals surface area contributed by atoms with Gasteiger partial charge in [-0.1, -0.05) is 18.5 Å². The highest BCUT2D eigenvalue weighted by Crippen LogP contribution is 2.40. The van der Waals surface area contributed by atoms with Gasteiger partial charge in [0, 0.05) is 17.2 Å². The van der Waals surface area contributed by atoms with Gasteiger partial charge in [0.05, 0.1) is 18.8 Å². The number of rotatable bonds is 6. The van der Waals surface area contributed by atoms with Gasteiger partial charge in [0.2, 0.25) is 0 Å². The summed E-state index contributed by atoms with van der Waals surface area (Å²) >= 11 is 6.21. The second kappa shape index (κ2) is 7.48. The highest BCUT2D eigenvalue weighted by atomic mass is 35.5. The van der Waals surface area contributed by atoms with Crippen molar-refractivity contribution < 1.29 is 9.47 Å². The van der Waals surface area contributed by atoms with Gasteiger partial charge in [0.25, 0.3) is 0 Å². The molecule has 0 amide bonds. The summed E-state index contributed by atoms with van der Waals surface area (Å²) in [6.45, 7) is 6.13. The molecule has 118 valence electrons. The van der Waals surface area contributed by atoms with Crippen molar-refractivity contribution in [3.05, 3.63) is 28.8 Å². The Balaban J connectivity index is 2.37. The molecule has 0 radical (unpaired) electrons. The van der Waals surface area contributed by atoms with Crippen molar-refractivity contribution in [2.75, 3.05) is 20.3 Å². The first kappa shape index (κ1) is 16.6. The van der Waals surface area contributed by atoms with Crippen LogP contribution in [0.2, 0.25) is 5.02 Å². The predicted octanol–water partition coefficient (Wildman–Crippen LogP) is 4.35. The van der Waals surface area contributed by atoms with Crippen molar-refractivity contribution in [2.45, 2.75) is 51.2 Å². The Hall–Kier alpha value is -0.770. The zero-order valence-corrected chi connectivity index (χ0v) is 14.0. The highest BCUT2D eigenvalue weighted by Gasteiger charge is 2.38. The van der Waals surface area contributed by atoms with E-state index in [4.69, 9.17) is 21.1 Å². The number of hydrogen-bond donors (Lipinski definition) is 1. The third-order valence-corrected chi connectivity index (χ3v) is 4.45. The van der Waals surface area contributed by atoms with E-state index in [9.17, 15) is 0 Å². The Morgan fingerprint density at radius 1 is 1.43 bits per heavy atom. The zero-order chi connectivity index (χ0) is 15.3. The van der Waals surface area contributed by atoms with E-state index in [0.29, 0.717) is 0 Å². The van der Waals surface area contributed by atoms with Crippen molar-refractivity contribution in [3.63, 3.8) is 0 Å². The van der Waals surface area contributed by atoms with Crippen LogP contribution >= 0.6 is 11.6 Å². The fraction of sp³-hybridized carbons (Fsp3) is 0.647. The van der Waals surface area contributed by atoms with E-state index < -0.39 is 0 Å². The molecule has 21 heavy (non-hydrogen) atoms.